The van der Waals surface area contributed by atoms with Crippen LogP contribution in [0.15, 0.2) is 57.7 Å². The number of carbonyl (C=O) groups is 1. The van der Waals surface area contributed by atoms with Gasteiger partial charge >= 0.3 is 5.63 Å². The molecule has 5 heteroatoms. The summed E-state index contributed by atoms with van der Waals surface area (Å²) in [7, 11) is 0. The molecule has 1 aromatic heterocycles. The lowest BCUT2D eigenvalue weighted by Crippen LogP contribution is -2.11. The molecular weight excluding hydrogens is 284 g/mol. The Morgan fingerprint density at radius 3 is 2.18 bits per heavy atom. The van der Waals surface area contributed by atoms with Crippen molar-refractivity contribution >= 4 is 16.8 Å². The first kappa shape index (κ1) is 13.9. The second kappa shape index (κ2) is 5.37. The predicted octanol–water partition coefficient (Wildman–Crippen LogP) is 3.49. The van der Waals surface area contributed by atoms with Crippen LogP contribution in [0.5, 0.6) is 17.2 Å². The average Bonchev–Trinajstić information content (AvgIpc) is 2.47. The van der Waals surface area contributed by atoms with Crippen LogP contribution in [0.2, 0.25) is 0 Å². The van der Waals surface area contributed by atoms with Crippen molar-refractivity contribution in [3.05, 3.63) is 64.5 Å². The average molecular weight is 296 g/mol. The van der Waals surface area contributed by atoms with Crippen LogP contribution >= 0.6 is 0 Å². The third-order valence-corrected chi connectivity index (χ3v) is 3.18. The molecule has 5 nitrogen and oxygen atoms in total. The molecule has 0 saturated heterocycles. The molecule has 0 saturated carbocycles. The van der Waals surface area contributed by atoms with Gasteiger partial charge in [0.2, 0.25) is 0 Å². The van der Waals surface area contributed by atoms with Crippen molar-refractivity contribution in [2.24, 2.45) is 0 Å². The molecule has 2 aliphatic rings. The molecule has 0 unspecified atom stereocenters. The van der Waals surface area contributed by atoms with Crippen molar-refractivity contribution in [2.45, 2.75) is 6.92 Å². The van der Waals surface area contributed by atoms with Gasteiger partial charge in [-0.25, -0.2) is 4.79 Å². The normalized spacial score (nSPS) is 11.0. The van der Waals surface area contributed by atoms with E-state index in [0.29, 0.717) is 5.39 Å². The van der Waals surface area contributed by atoms with E-state index in [-0.39, 0.29) is 16.9 Å². The maximum atomic E-state index is 11.3. The summed E-state index contributed by atoms with van der Waals surface area (Å²) in [6.07, 6.45) is 0. The molecule has 1 N–H and O–H groups in total. The minimum Gasteiger partial charge on any atom is -0.506 e. The number of para-hydroxylation sites is 1. The second-order valence-corrected chi connectivity index (χ2v) is 4.74. The van der Waals surface area contributed by atoms with Crippen LogP contribution in [0.4, 0.5) is 0 Å². The summed E-state index contributed by atoms with van der Waals surface area (Å²) in [5.74, 6) is 1.15. The molecular formula is C17H12O5. The predicted molar refractivity (Wildman–Crippen MR) is 80.7 cm³/mol. The van der Waals surface area contributed by atoms with Crippen molar-refractivity contribution in [2.75, 3.05) is 0 Å². The van der Waals surface area contributed by atoms with E-state index >= 15 is 0 Å². The fraction of sp³-hybridized carbons (Fsp3) is 0.0588. The number of aromatic hydroxyl groups is 1. The van der Waals surface area contributed by atoms with Gasteiger partial charge in [0.1, 0.15) is 28.4 Å². The maximum absolute atomic E-state index is 11.3. The number of benzene rings is 2. The molecule has 3 aromatic rings. The number of rotatable bonds is 1. The molecule has 2 aromatic carbocycles. The van der Waals surface area contributed by atoms with Gasteiger partial charge in [-0.15, -0.1) is 0 Å². The molecule has 2 aliphatic heterocycles. The lowest BCUT2D eigenvalue weighted by Gasteiger charge is -2.13. The number of ketones is 1. The first-order chi connectivity index (χ1) is 10.6. The van der Waals surface area contributed by atoms with Crippen molar-refractivity contribution in [1.29, 1.82) is 0 Å². The number of ether oxygens (including phenoxy) is 1. The van der Waals surface area contributed by atoms with Gasteiger partial charge in [0, 0.05) is 6.07 Å². The summed E-state index contributed by atoms with van der Waals surface area (Å²) in [6.45, 7) is 1.21. The Morgan fingerprint density at radius 2 is 1.68 bits per heavy atom. The molecule has 0 atom stereocenters. The van der Waals surface area contributed by atoms with Crippen LogP contribution in [0.25, 0.3) is 11.0 Å². The fourth-order valence-corrected chi connectivity index (χ4v) is 2.12. The Balaban J connectivity index is 0.000000169. The Morgan fingerprint density at radius 1 is 1.05 bits per heavy atom. The SMILES string of the molecule is CC(=O)c1c(O)c2ccccc2oc1=O.c1cc2cc(c1)O2. The van der Waals surface area contributed by atoms with Crippen LogP contribution in [0.3, 0.4) is 0 Å². The second-order valence-electron chi connectivity index (χ2n) is 4.74. The van der Waals surface area contributed by atoms with Gasteiger partial charge in [-0.1, -0.05) is 18.2 Å². The van der Waals surface area contributed by atoms with Crippen LogP contribution in [0, 0.1) is 0 Å². The lowest BCUT2D eigenvalue weighted by atomic mass is 10.1. The molecule has 110 valence electrons. The molecule has 0 spiro atoms. The van der Waals surface area contributed by atoms with E-state index in [2.05, 4.69) is 0 Å². The van der Waals surface area contributed by atoms with Gasteiger partial charge < -0.3 is 14.3 Å². The van der Waals surface area contributed by atoms with E-state index in [9.17, 15) is 14.7 Å². The maximum Gasteiger partial charge on any atom is 0.351 e. The molecule has 0 amide bonds. The van der Waals surface area contributed by atoms with Crippen molar-refractivity contribution < 1.29 is 19.1 Å². The highest BCUT2D eigenvalue weighted by molar-refractivity contribution is 6.01. The largest absolute Gasteiger partial charge is 0.506 e. The van der Waals surface area contributed by atoms with Crippen LogP contribution in [-0.4, -0.2) is 10.9 Å². The Bertz CT molecular complexity index is 899. The minimum absolute atomic E-state index is 0.269. The Labute approximate surface area is 125 Å². The Kier molecular flexibility index (Phi) is 3.39. The smallest absolute Gasteiger partial charge is 0.351 e. The quantitative estimate of drug-likeness (QED) is 0.430. The van der Waals surface area contributed by atoms with Crippen LogP contribution in [0.1, 0.15) is 17.3 Å². The molecule has 0 fully saturated rings. The van der Waals surface area contributed by atoms with Crippen molar-refractivity contribution in [3.63, 3.8) is 0 Å². The van der Waals surface area contributed by atoms with Gasteiger partial charge in [-0.3, -0.25) is 4.79 Å². The zero-order valence-electron chi connectivity index (χ0n) is 11.7. The van der Waals surface area contributed by atoms with Gasteiger partial charge in [0.15, 0.2) is 5.78 Å². The Hall–Kier alpha value is -3.08. The van der Waals surface area contributed by atoms with Crippen molar-refractivity contribution in [3.8, 4) is 17.2 Å². The van der Waals surface area contributed by atoms with E-state index in [1.165, 1.54) is 6.92 Å². The summed E-state index contributed by atoms with van der Waals surface area (Å²) in [6, 6.07) is 14.4. The van der Waals surface area contributed by atoms with E-state index in [1.807, 2.05) is 24.3 Å². The van der Waals surface area contributed by atoms with Crippen molar-refractivity contribution in [1.82, 2.24) is 0 Å². The van der Waals surface area contributed by atoms with E-state index in [0.717, 1.165) is 11.5 Å². The van der Waals surface area contributed by atoms with Gasteiger partial charge in [-0.05, 0) is 31.2 Å². The lowest BCUT2D eigenvalue weighted by molar-refractivity contribution is 0.101. The highest BCUT2D eigenvalue weighted by Crippen LogP contribution is 2.33. The fourth-order valence-electron chi connectivity index (χ4n) is 2.12. The molecule has 0 aliphatic carbocycles. The van der Waals surface area contributed by atoms with Gasteiger partial charge in [0.25, 0.3) is 0 Å². The number of carbonyl (C=O) groups excluding carboxylic acids is 1. The van der Waals surface area contributed by atoms with E-state index < -0.39 is 11.4 Å². The van der Waals surface area contributed by atoms with Crippen LogP contribution in [-0.2, 0) is 0 Å². The zero-order valence-corrected chi connectivity index (χ0v) is 11.7. The van der Waals surface area contributed by atoms with E-state index in [4.69, 9.17) is 9.15 Å². The van der Waals surface area contributed by atoms with E-state index in [1.54, 1.807) is 24.3 Å². The van der Waals surface area contributed by atoms with Gasteiger partial charge in [0.05, 0.1) is 5.39 Å². The molecule has 0 radical (unpaired) electrons. The first-order valence-electron chi connectivity index (χ1n) is 6.60. The summed E-state index contributed by atoms with van der Waals surface area (Å²) < 4.78 is 9.91. The number of hydrogen-bond acceptors (Lipinski definition) is 5. The minimum atomic E-state index is -0.807. The van der Waals surface area contributed by atoms with Gasteiger partial charge in [-0.2, -0.15) is 0 Å². The summed E-state index contributed by atoms with van der Waals surface area (Å²) in [5.41, 5.74) is -0.836. The highest BCUT2D eigenvalue weighted by Gasteiger charge is 2.16. The third-order valence-electron chi connectivity index (χ3n) is 3.18. The zero-order chi connectivity index (χ0) is 15.7. The molecule has 22 heavy (non-hydrogen) atoms. The summed E-state index contributed by atoms with van der Waals surface area (Å²) in [5, 5.41) is 10.1. The summed E-state index contributed by atoms with van der Waals surface area (Å²) in [4.78, 5) is 22.5. The summed E-state index contributed by atoms with van der Waals surface area (Å²) >= 11 is 0. The monoisotopic (exact) mass is 296 g/mol. The molecule has 5 rings (SSSR count). The topological polar surface area (TPSA) is 76.7 Å². The number of Topliss-reactive ketones (excluding diaryl/α,β-unsaturated/α-hetero) is 1. The highest BCUT2D eigenvalue weighted by atomic mass is 16.5. The standard InChI is InChI=1S/C11H8O4.C6H4O/c1-6(12)9-10(13)7-4-2-3-5-8(7)15-11(9)14;1-2-5-4-6(3-1)7-5/h2-5,13H,1H3;1-4H. The van der Waals surface area contributed by atoms with Crippen LogP contribution < -0.4 is 10.4 Å². The molecule has 2 bridgehead atoms. The third kappa shape index (κ3) is 2.44. The first-order valence-corrected chi connectivity index (χ1v) is 6.60. The molecule has 3 heterocycles. The number of fused-ring (bicyclic) bond motifs is 3. The number of hydrogen-bond donors (Lipinski definition) is 1.